The predicted octanol–water partition coefficient (Wildman–Crippen LogP) is -1.87. The van der Waals surface area contributed by atoms with Crippen molar-refractivity contribution in [2.45, 2.75) is 0 Å². The highest BCUT2D eigenvalue weighted by molar-refractivity contribution is 5.85. The summed E-state index contributed by atoms with van der Waals surface area (Å²) in [6, 6.07) is -0.618. The molecule has 0 bridgehead atoms. The van der Waals surface area contributed by atoms with E-state index in [4.69, 9.17) is 10.8 Å². The monoisotopic (exact) mass is 246 g/mol. The fraction of sp³-hybridized carbons (Fsp3) is 0.667. The van der Waals surface area contributed by atoms with Crippen molar-refractivity contribution in [3.8, 4) is 0 Å². The van der Waals surface area contributed by atoms with Crippen LogP contribution in [0.1, 0.15) is 0 Å². The third-order valence-corrected chi connectivity index (χ3v) is 1.80. The average molecular weight is 246 g/mol. The predicted molar refractivity (Wildman–Crippen MR) is 60.4 cm³/mol. The van der Waals surface area contributed by atoms with E-state index in [1.165, 1.54) is 0 Å². The Hall–Kier alpha value is -1.83. The average Bonchev–Trinajstić information content (AvgIpc) is 2.14. The molecule has 0 fully saturated rings. The van der Waals surface area contributed by atoms with Crippen LogP contribution >= 0.6 is 0 Å². The van der Waals surface area contributed by atoms with E-state index in [9.17, 15) is 14.4 Å². The number of hydrogen-bond donors (Lipinski definition) is 3. The maximum Gasteiger partial charge on any atom is 0.323 e. The van der Waals surface area contributed by atoms with Crippen LogP contribution in [0.25, 0.3) is 0 Å². The van der Waals surface area contributed by atoms with Gasteiger partial charge in [0.2, 0.25) is 5.91 Å². The van der Waals surface area contributed by atoms with Crippen LogP contribution < -0.4 is 11.1 Å². The molecule has 0 aromatic carbocycles. The lowest BCUT2D eigenvalue weighted by molar-refractivity contribution is -0.137. The van der Waals surface area contributed by atoms with Gasteiger partial charge in [0.05, 0.1) is 0 Å². The Bertz CT molecular complexity index is 277. The number of nitrogens with two attached hydrogens (primary N) is 1. The van der Waals surface area contributed by atoms with Gasteiger partial charge in [-0.1, -0.05) is 0 Å². The number of nitrogens with zero attached hydrogens (tertiary/aromatic N) is 2. The molecule has 0 spiro atoms. The zero-order valence-electron chi connectivity index (χ0n) is 9.97. The van der Waals surface area contributed by atoms with Gasteiger partial charge in [0.15, 0.2) is 0 Å². The summed E-state index contributed by atoms with van der Waals surface area (Å²) in [6.07, 6.45) is 0. The van der Waals surface area contributed by atoms with Gasteiger partial charge in [0.25, 0.3) is 0 Å². The number of primary amides is 1. The number of carboxylic acid groups (broad SMARTS) is 1. The highest BCUT2D eigenvalue weighted by atomic mass is 16.4. The summed E-state index contributed by atoms with van der Waals surface area (Å²) in [5.41, 5.74) is 4.92. The Morgan fingerprint density at radius 2 is 1.82 bits per heavy atom. The largest absolute Gasteiger partial charge is 0.480 e. The van der Waals surface area contributed by atoms with Crippen molar-refractivity contribution in [2.24, 2.45) is 5.73 Å². The van der Waals surface area contributed by atoms with E-state index in [1.54, 1.807) is 0 Å². The maximum atomic E-state index is 11.5. The second kappa shape index (κ2) is 7.44. The first-order valence-corrected chi connectivity index (χ1v) is 5.00. The molecule has 0 rings (SSSR count). The topological polar surface area (TPSA) is 116 Å². The number of carbonyl (C=O) groups excluding carboxylic acids is 2. The number of amides is 3. The molecule has 8 heteroatoms. The van der Waals surface area contributed by atoms with Gasteiger partial charge >= 0.3 is 12.0 Å². The Kier molecular flexibility index (Phi) is 6.64. The number of carbonyl (C=O) groups is 3. The first kappa shape index (κ1) is 15.2. The molecule has 0 aromatic rings. The quantitative estimate of drug-likeness (QED) is 0.486. The van der Waals surface area contributed by atoms with Crippen LogP contribution in [-0.4, -0.2) is 73.1 Å². The highest BCUT2D eigenvalue weighted by Crippen LogP contribution is 1.89. The van der Waals surface area contributed by atoms with Gasteiger partial charge in [-0.25, -0.2) is 4.79 Å². The molecule has 98 valence electrons. The molecule has 0 radical (unpaired) electrons. The molecule has 0 aliphatic heterocycles. The minimum absolute atomic E-state index is 0.362. The fourth-order valence-electron chi connectivity index (χ4n) is 1.05. The zero-order chi connectivity index (χ0) is 13.4. The number of hydrogen-bond acceptors (Lipinski definition) is 4. The van der Waals surface area contributed by atoms with Gasteiger partial charge in [0.1, 0.15) is 13.1 Å². The number of nitrogens with one attached hydrogen (secondary N) is 1. The second-order valence-electron chi connectivity index (χ2n) is 3.75. The Labute approximate surface area is 99.3 Å². The molecular formula is C9H18N4O4. The van der Waals surface area contributed by atoms with Gasteiger partial charge < -0.3 is 26.0 Å². The molecule has 0 atom stereocenters. The van der Waals surface area contributed by atoms with Crippen molar-refractivity contribution in [2.75, 3.05) is 40.3 Å². The third-order valence-electron chi connectivity index (χ3n) is 1.80. The van der Waals surface area contributed by atoms with Crippen LogP contribution in [0.15, 0.2) is 0 Å². The summed E-state index contributed by atoms with van der Waals surface area (Å²) in [4.78, 5) is 35.4. The molecule has 0 saturated carbocycles. The summed E-state index contributed by atoms with van der Waals surface area (Å²) in [6.45, 7) is 0.000766. The van der Waals surface area contributed by atoms with Gasteiger partial charge in [-0.15, -0.1) is 0 Å². The second-order valence-corrected chi connectivity index (χ2v) is 3.75. The van der Waals surface area contributed by atoms with Gasteiger partial charge in [-0.2, -0.15) is 0 Å². The van der Waals surface area contributed by atoms with Crippen molar-refractivity contribution < 1.29 is 19.5 Å². The first-order valence-electron chi connectivity index (χ1n) is 5.00. The number of urea groups is 1. The van der Waals surface area contributed by atoms with Gasteiger partial charge in [-0.05, 0) is 14.1 Å². The summed E-state index contributed by atoms with van der Waals surface area (Å²) in [7, 11) is 3.68. The fourth-order valence-corrected chi connectivity index (χ4v) is 1.05. The van der Waals surface area contributed by atoms with Crippen molar-refractivity contribution in [3.05, 3.63) is 0 Å². The van der Waals surface area contributed by atoms with E-state index in [0.29, 0.717) is 13.1 Å². The maximum absolute atomic E-state index is 11.5. The highest BCUT2D eigenvalue weighted by Gasteiger charge is 2.18. The number of aliphatic carboxylic acids is 1. The van der Waals surface area contributed by atoms with Crippen LogP contribution in [0.4, 0.5) is 4.79 Å². The van der Waals surface area contributed by atoms with Crippen LogP contribution in [0.3, 0.4) is 0 Å². The third kappa shape index (κ3) is 8.03. The SMILES string of the molecule is CN(C)CCNC(=O)N(CC(N)=O)CC(=O)O. The van der Waals surface area contributed by atoms with Crippen LogP contribution in [-0.2, 0) is 9.59 Å². The molecule has 0 aromatic heterocycles. The molecule has 0 aliphatic carbocycles. The number of rotatable bonds is 7. The first-order chi connectivity index (χ1) is 7.82. The van der Waals surface area contributed by atoms with E-state index in [2.05, 4.69) is 5.32 Å². The van der Waals surface area contributed by atoms with Gasteiger partial charge in [0, 0.05) is 13.1 Å². The van der Waals surface area contributed by atoms with E-state index in [-0.39, 0.29) is 0 Å². The standard InChI is InChI=1S/C9H18N4O4/c1-12(2)4-3-11-9(17)13(5-7(10)14)6-8(15)16/h3-6H2,1-2H3,(H2,10,14)(H,11,17)(H,15,16). The Morgan fingerprint density at radius 3 is 2.24 bits per heavy atom. The zero-order valence-corrected chi connectivity index (χ0v) is 9.97. The number of carboxylic acids is 1. The van der Waals surface area contributed by atoms with Crippen LogP contribution in [0.5, 0.6) is 0 Å². The minimum Gasteiger partial charge on any atom is -0.480 e. The van der Waals surface area contributed by atoms with Crippen molar-refractivity contribution in [1.82, 2.24) is 15.1 Å². The van der Waals surface area contributed by atoms with Crippen molar-refractivity contribution in [3.63, 3.8) is 0 Å². The lowest BCUT2D eigenvalue weighted by Gasteiger charge is -2.20. The molecule has 8 nitrogen and oxygen atoms in total. The smallest absolute Gasteiger partial charge is 0.323 e. The number of likely N-dealkylation sites (N-methyl/N-ethyl adjacent to an activating group) is 1. The Morgan fingerprint density at radius 1 is 1.24 bits per heavy atom. The summed E-state index contributed by atoms with van der Waals surface area (Å²) in [5.74, 6) is -1.96. The molecule has 0 unspecified atom stereocenters. The molecule has 3 amide bonds. The summed E-state index contributed by atoms with van der Waals surface area (Å²) in [5, 5.41) is 11.1. The molecule has 0 aliphatic rings. The van der Waals surface area contributed by atoms with Crippen LogP contribution in [0.2, 0.25) is 0 Å². The molecular weight excluding hydrogens is 228 g/mol. The minimum atomic E-state index is -1.20. The molecule has 17 heavy (non-hydrogen) atoms. The van der Waals surface area contributed by atoms with Gasteiger partial charge in [-0.3, -0.25) is 9.59 Å². The summed E-state index contributed by atoms with van der Waals surface area (Å²) < 4.78 is 0. The lowest BCUT2D eigenvalue weighted by Crippen LogP contribution is -2.47. The normalized spacial score (nSPS) is 10.1. The molecule has 0 saturated heterocycles. The lowest BCUT2D eigenvalue weighted by atomic mass is 10.4. The van der Waals surface area contributed by atoms with Crippen molar-refractivity contribution in [1.29, 1.82) is 0 Å². The Balaban J connectivity index is 4.22. The van der Waals surface area contributed by atoms with E-state index < -0.39 is 31.0 Å². The summed E-state index contributed by atoms with van der Waals surface area (Å²) >= 11 is 0. The molecule has 0 heterocycles. The van der Waals surface area contributed by atoms with E-state index in [1.807, 2.05) is 19.0 Å². The van der Waals surface area contributed by atoms with E-state index >= 15 is 0 Å². The molecule has 4 N–H and O–H groups in total. The van der Waals surface area contributed by atoms with Crippen LogP contribution in [0, 0.1) is 0 Å². The van der Waals surface area contributed by atoms with E-state index in [0.717, 1.165) is 4.90 Å². The van der Waals surface area contributed by atoms with Crippen molar-refractivity contribution >= 4 is 17.9 Å².